The van der Waals surface area contributed by atoms with Gasteiger partial charge >= 0.3 is 0 Å². The topological polar surface area (TPSA) is 60.0 Å². The van der Waals surface area contributed by atoms with Crippen molar-refractivity contribution in [1.29, 1.82) is 0 Å². The lowest BCUT2D eigenvalue weighted by Crippen LogP contribution is -2.48. The normalized spacial score (nSPS) is 25.4. The third-order valence-corrected chi connectivity index (χ3v) is 8.00. The summed E-state index contributed by atoms with van der Waals surface area (Å²) in [7, 11) is 1.85. The predicted octanol–water partition coefficient (Wildman–Crippen LogP) is 3.92. The molecule has 180 valence electrons. The van der Waals surface area contributed by atoms with E-state index < -0.39 is 0 Å². The molecule has 6 nitrogen and oxygen atoms in total. The highest BCUT2D eigenvalue weighted by atomic mass is 127. The van der Waals surface area contributed by atoms with Crippen molar-refractivity contribution in [2.75, 3.05) is 39.8 Å². The Bertz CT molecular complexity index is 722. The molecule has 4 rings (SSSR count). The summed E-state index contributed by atoms with van der Waals surface area (Å²) in [6, 6.07) is 4.69. The van der Waals surface area contributed by atoms with Gasteiger partial charge in [0, 0.05) is 56.6 Å². The number of carbonyl (C=O) groups is 1. The van der Waals surface area contributed by atoms with Gasteiger partial charge in [0.15, 0.2) is 5.96 Å². The molecule has 2 atom stereocenters. The molecule has 1 aromatic heterocycles. The Balaban J connectivity index is 0.00000289. The summed E-state index contributed by atoms with van der Waals surface area (Å²) < 4.78 is 0. The van der Waals surface area contributed by atoms with Crippen molar-refractivity contribution in [3.63, 3.8) is 0 Å². The third kappa shape index (κ3) is 7.32. The summed E-state index contributed by atoms with van der Waals surface area (Å²) in [4.78, 5) is 23.4. The van der Waals surface area contributed by atoms with Crippen LogP contribution in [0, 0.1) is 11.8 Å². The maximum absolute atomic E-state index is 12.8. The fraction of sp³-hybridized carbons (Fsp3) is 0.750. The minimum absolute atomic E-state index is 0. The molecular weight excluding hydrogens is 533 g/mol. The summed E-state index contributed by atoms with van der Waals surface area (Å²) in [6.07, 6.45) is 9.45. The first-order valence-corrected chi connectivity index (χ1v) is 13.1. The second kappa shape index (κ2) is 13.1. The van der Waals surface area contributed by atoms with Gasteiger partial charge in [0.2, 0.25) is 5.91 Å². The maximum Gasteiger partial charge on any atom is 0.225 e. The number of piperidine rings is 1. The smallest absolute Gasteiger partial charge is 0.225 e. The Labute approximate surface area is 214 Å². The van der Waals surface area contributed by atoms with Crippen LogP contribution in [0.25, 0.3) is 0 Å². The lowest BCUT2D eigenvalue weighted by Gasteiger charge is -2.33. The molecular formula is C24H40IN5OS. The van der Waals surface area contributed by atoms with E-state index in [4.69, 9.17) is 0 Å². The second-order valence-electron chi connectivity index (χ2n) is 9.52. The molecule has 2 aliphatic heterocycles. The number of halogens is 1. The van der Waals surface area contributed by atoms with Gasteiger partial charge in [-0.2, -0.15) is 0 Å². The molecule has 0 radical (unpaired) electrons. The molecule has 1 aromatic rings. The molecule has 0 spiro atoms. The minimum atomic E-state index is 0. The monoisotopic (exact) mass is 573 g/mol. The van der Waals surface area contributed by atoms with Gasteiger partial charge in [-0.15, -0.1) is 35.3 Å². The van der Waals surface area contributed by atoms with E-state index in [0.717, 1.165) is 57.9 Å². The summed E-state index contributed by atoms with van der Waals surface area (Å²) in [5, 5.41) is 9.31. The van der Waals surface area contributed by atoms with Crippen molar-refractivity contribution in [3.8, 4) is 0 Å². The van der Waals surface area contributed by atoms with Crippen LogP contribution in [0.4, 0.5) is 0 Å². The zero-order valence-electron chi connectivity index (χ0n) is 19.4. The molecule has 2 unspecified atom stereocenters. The molecule has 3 aliphatic rings. The molecule has 0 bridgehead atoms. The Kier molecular flexibility index (Phi) is 10.6. The number of guanidine groups is 1. The van der Waals surface area contributed by atoms with Crippen molar-refractivity contribution >= 4 is 47.2 Å². The van der Waals surface area contributed by atoms with E-state index in [2.05, 4.69) is 42.9 Å². The molecule has 1 aliphatic carbocycles. The van der Waals surface area contributed by atoms with E-state index in [0.29, 0.717) is 17.9 Å². The highest BCUT2D eigenvalue weighted by Crippen LogP contribution is 2.27. The predicted molar refractivity (Wildman–Crippen MR) is 144 cm³/mol. The number of nitrogens with zero attached hydrogens (tertiary/aromatic N) is 3. The number of hydrogen-bond donors (Lipinski definition) is 2. The SMILES string of the molecule is CN=C(NCC1CCCN(Cc2cccs2)C1)NC1CCN(C(=O)C2CCCCC2)C1.I. The van der Waals surface area contributed by atoms with E-state index in [9.17, 15) is 4.79 Å². The molecule has 2 saturated heterocycles. The molecule has 0 aromatic carbocycles. The third-order valence-electron chi connectivity index (χ3n) is 7.14. The van der Waals surface area contributed by atoms with Gasteiger partial charge in [-0.25, -0.2) is 0 Å². The Morgan fingerprint density at radius 3 is 2.72 bits per heavy atom. The first-order chi connectivity index (χ1) is 15.2. The van der Waals surface area contributed by atoms with Crippen LogP contribution in [-0.2, 0) is 11.3 Å². The number of carbonyl (C=O) groups excluding carboxylic acids is 1. The number of amides is 1. The Hall–Kier alpha value is -0.870. The highest BCUT2D eigenvalue weighted by Gasteiger charge is 2.32. The van der Waals surface area contributed by atoms with Gasteiger partial charge in [-0.3, -0.25) is 14.7 Å². The number of hydrogen-bond acceptors (Lipinski definition) is 4. The quantitative estimate of drug-likeness (QED) is 0.308. The van der Waals surface area contributed by atoms with Gasteiger partial charge < -0.3 is 15.5 Å². The van der Waals surface area contributed by atoms with Gasteiger partial charge in [0.05, 0.1) is 0 Å². The fourth-order valence-electron chi connectivity index (χ4n) is 5.40. The Morgan fingerprint density at radius 1 is 1.12 bits per heavy atom. The minimum Gasteiger partial charge on any atom is -0.356 e. The van der Waals surface area contributed by atoms with Crippen molar-refractivity contribution in [1.82, 2.24) is 20.4 Å². The van der Waals surface area contributed by atoms with E-state index in [1.54, 1.807) is 0 Å². The summed E-state index contributed by atoms with van der Waals surface area (Å²) in [5.41, 5.74) is 0. The van der Waals surface area contributed by atoms with Crippen LogP contribution in [0.1, 0.15) is 56.2 Å². The molecule has 3 fully saturated rings. The van der Waals surface area contributed by atoms with E-state index in [1.807, 2.05) is 18.4 Å². The largest absolute Gasteiger partial charge is 0.356 e. The zero-order valence-corrected chi connectivity index (χ0v) is 22.6. The van der Waals surface area contributed by atoms with Crippen LogP contribution >= 0.6 is 35.3 Å². The van der Waals surface area contributed by atoms with Crippen LogP contribution in [0.15, 0.2) is 22.5 Å². The highest BCUT2D eigenvalue weighted by molar-refractivity contribution is 14.0. The summed E-state index contributed by atoms with van der Waals surface area (Å²) in [5.74, 6) is 2.20. The summed E-state index contributed by atoms with van der Waals surface area (Å²) in [6.45, 7) is 6.08. The van der Waals surface area contributed by atoms with Gasteiger partial charge in [-0.1, -0.05) is 25.3 Å². The number of aliphatic imine (C=N–C) groups is 1. The zero-order chi connectivity index (χ0) is 21.5. The molecule has 8 heteroatoms. The first-order valence-electron chi connectivity index (χ1n) is 12.2. The fourth-order valence-corrected chi connectivity index (χ4v) is 6.15. The van der Waals surface area contributed by atoms with E-state index in [1.165, 1.54) is 43.5 Å². The average Bonchev–Trinajstić information content (AvgIpc) is 3.49. The van der Waals surface area contributed by atoms with Crippen molar-refractivity contribution in [3.05, 3.63) is 22.4 Å². The molecule has 2 N–H and O–H groups in total. The standard InChI is InChI=1S/C24H39N5OS.HI/c1-25-24(26-15-19-7-5-12-28(16-19)18-22-10-6-14-31-22)27-21-11-13-29(17-21)23(30)20-8-3-2-4-9-20;/h6,10,14,19-21H,2-5,7-9,11-13,15-18H2,1H3,(H2,25,26,27);1H. The number of likely N-dealkylation sites (tertiary alicyclic amines) is 2. The van der Waals surface area contributed by atoms with E-state index >= 15 is 0 Å². The first kappa shape index (κ1) is 25.7. The molecule has 1 amide bonds. The number of thiophene rings is 1. The van der Waals surface area contributed by atoms with Crippen LogP contribution < -0.4 is 10.6 Å². The molecule has 32 heavy (non-hydrogen) atoms. The summed E-state index contributed by atoms with van der Waals surface area (Å²) >= 11 is 1.85. The van der Waals surface area contributed by atoms with Crippen molar-refractivity contribution < 1.29 is 4.79 Å². The van der Waals surface area contributed by atoms with Gasteiger partial charge in [0.25, 0.3) is 0 Å². The Morgan fingerprint density at radius 2 is 1.97 bits per heavy atom. The van der Waals surface area contributed by atoms with Crippen molar-refractivity contribution in [2.24, 2.45) is 16.8 Å². The van der Waals surface area contributed by atoms with Crippen LogP contribution in [0.3, 0.4) is 0 Å². The van der Waals surface area contributed by atoms with Gasteiger partial charge in [-0.05, 0) is 56.0 Å². The van der Waals surface area contributed by atoms with Crippen molar-refractivity contribution in [2.45, 2.75) is 64.0 Å². The average molecular weight is 574 g/mol. The lowest BCUT2D eigenvalue weighted by molar-refractivity contribution is -0.135. The number of nitrogens with one attached hydrogen (secondary N) is 2. The van der Waals surface area contributed by atoms with Crippen LogP contribution in [0.2, 0.25) is 0 Å². The van der Waals surface area contributed by atoms with Crippen LogP contribution in [-0.4, -0.2) is 67.5 Å². The lowest BCUT2D eigenvalue weighted by atomic mass is 9.88. The second-order valence-corrected chi connectivity index (χ2v) is 10.6. The molecule has 1 saturated carbocycles. The van der Waals surface area contributed by atoms with E-state index in [-0.39, 0.29) is 29.9 Å². The van der Waals surface area contributed by atoms with Crippen LogP contribution in [0.5, 0.6) is 0 Å². The van der Waals surface area contributed by atoms with Gasteiger partial charge in [0.1, 0.15) is 0 Å². The maximum atomic E-state index is 12.8. The number of rotatable bonds is 6. The molecule has 3 heterocycles.